The first-order valence-electron chi connectivity index (χ1n) is 22.3. The van der Waals surface area contributed by atoms with E-state index in [0.29, 0.717) is 12.8 Å². The van der Waals surface area contributed by atoms with E-state index in [1.807, 2.05) is 0 Å². The molecule has 1 aliphatic carbocycles. The number of carbonyl (C=O) groups is 2. The van der Waals surface area contributed by atoms with Gasteiger partial charge in [0, 0.05) is 12.8 Å². The van der Waals surface area contributed by atoms with Crippen molar-refractivity contribution in [3.05, 3.63) is 36.5 Å². The standard InChI is InChI=1S/C44H79O13P/c1-3-5-7-9-11-13-15-17-19-21-22-24-26-28-30-32-37(45)54-34-36(35-55-58(52,53)57-44-42(50)40(48)39(47)41(49)43(44)51)56-38(46)33-31-29-27-25-23-20-18-16-14-12-10-8-6-4-2/h11,13,17,19,22,24,36,39-44,47-51H,3-10,12,14-16,18,20-21,23,25-35H2,1-2H3,(H,52,53)/b13-11+,19-17+,24-22+/t36-,39?,40-,41?,42?,43?,44?/m0/s1. The number of hydrogen-bond acceptors (Lipinski definition) is 12. The summed E-state index contributed by atoms with van der Waals surface area (Å²) in [5.74, 6) is -1.14. The van der Waals surface area contributed by atoms with Crippen LogP contribution in [0.4, 0.5) is 0 Å². The molecule has 338 valence electrons. The predicted octanol–water partition coefficient (Wildman–Crippen LogP) is 8.22. The lowest BCUT2D eigenvalue weighted by Gasteiger charge is -2.41. The van der Waals surface area contributed by atoms with Crippen LogP contribution in [0.15, 0.2) is 36.5 Å². The molecule has 0 aliphatic heterocycles. The van der Waals surface area contributed by atoms with E-state index in [0.717, 1.165) is 57.8 Å². The lowest BCUT2D eigenvalue weighted by Crippen LogP contribution is -2.64. The normalized spacial score (nSPS) is 22.8. The molecule has 0 amide bonds. The van der Waals surface area contributed by atoms with Crippen LogP contribution in [-0.4, -0.2) is 98.3 Å². The molecule has 6 unspecified atom stereocenters. The lowest BCUT2D eigenvalue weighted by atomic mass is 9.85. The zero-order chi connectivity index (χ0) is 42.9. The maximum atomic E-state index is 12.8. The molecule has 0 aromatic heterocycles. The fraction of sp³-hybridized carbons (Fsp3) is 0.818. The molecule has 0 saturated heterocycles. The highest BCUT2D eigenvalue weighted by Gasteiger charge is 2.51. The smallest absolute Gasteiger partial charge is 0.462 e. The first-order valence-corrected chi connectivity index (χ1v) is 23.8. The van der Waals surface area contributed by atoms with Gasteiger partial charge in [-0.15, -0.1) is 0 Å². The molecule has 8 atom stereocenters. The molecule has 0 bridgehead atoms. The summed E-state index contributed by atoms with van der Waals surface area (Å²) in [5.41, 5.74) is 0. The first kappa shape index (κ1) is 54.1. The van der Waals surface area contributed by atoms with Gasteiger partial charge in [-0.3, -0.25) is 18.6 Å². The number of hydrogen-bond donors (Lipinski definition) is 6. The van der Waals surface area contributed by atoms with Crippen LogP contribution in [0.2, 0.25) is 0 Å². The van der Waals surface area contributed by atoms with Gasteiger partial charge in [0.1, 0.15) is 43.2 Å². The highest BCUT2D eigenvalue weighted by Crippen LogP contribution is 2.47. The van der Waals surface area contributed by atoms with Crippen LogP contribution in [0.5, 0.6) is 0 Å². The Kier molecular flexibility index (Phi) is 32.4. The maximum Gasteiger partial charge on any atom is 0.472 e. The lowest BCUT2D eigenvalue weighted by molar-refractivity contribution is -0.220. The molecule has 1 rings (SSSR count). The number of allylic oxidation sites excluding steroid dienone is 6. The van der Waals surface area contributed by atoms with Crippen molar-refractivity contribution >= 4 is 19.8 Å². The second-order valence-electron chi connectivity index (χ2n) is 15.6. The Morgan fingerprint density at radius 3 is 1.45 bits per heavy atom. The molecule has 0 spiro atoms. The summed E-state index contributed by atoms with van der Waals surface area (Å²) < 4.78 is 33.4. The van der Waals surface area contributed by atoms with E-state index < -0.39 is 75.7 Å². The van der Waals surface area contributed by atoms with E-state index in [1.54, 1.807) is 0 Å². The highest BCUT2D eigenvalue weighted by molar-refractivity contribution is 7.47. The van der Waals surface area contributed by atoms with Crippen molar-refractivity contribution in [3.8, 4) is 0 Å². The molecule has 0 radical (unpaired) electrons. The van der Waals surface area contributed by atoms with Crippen molar-refractivity contribution in [3.63, 3.8) is 0 Å². The minimum Gasteiger partial charge on any atom is -0.462 e. The molecule has 1 saturated carbocycles. The number of rotatable bonds is 36. The second kappa shape index (κ2) is 34.7. The molecule has 0 aromatic carbocycles. The van der Waals surface area contributed by atoms with Gasteiger partial charge in [0.15, 0.2) is 6.10 Å². The Hall–Kier alpha value is -1.93. The number of ether oxygens (including phenoxy) is 2. The predicted molar refractivity (Wildman–Crippen MR) is 226 cm³/mol. The average molecular weight is 847 g/mol. The molecule has 1 fully saturated rings. The van der Waals surface area contributed by atoms with Gasteiger partial charge in [-0.1, -0.05) is 147 Å². The fourth-order valence-electron chi connectivity index (χ4n) is 6.59. The number of aliphatic hydroxyl groups excluding tert-OH is 5. The maximum absolute atomic E-state index is 12.8. The minimum absolute atomic E-state index is 0.0911. The van der Waals surface area contributed by atoms with Crippen molar-refractivity contribution in [2.45, 2.75) is 217 Å². The number of aliphatic hydroxyl groups is 5. The summed E-state index contributed by atoms with van der Waals surface area (Å²) in [6.45, 7) is 3.23. The summed E-state index contributed by atoms with van der Waals surface area (Å²) in [4.78, 5) is 35.6. The Morgan fingerprint density at radius 2 is 0.931 bits per heavy atom. The topological polar surface area (TPSA) is 210 Å². The first-order chi connectivity index (χ1) is 27.9. The Labute approximate surface area is 348 Å². The summed E-state index contributed by atoms with van der Waals surface area (Å²) in [6, 6.07) is 0. The minimum atomic E-state index is -5.12. The molecule has 58 heavy (non-hydrogen) atoms. The molecule has 14 heteroatoms. The van der Waals surface area contributed by atoms with Crippen molar-refractivity contribution in [2.24, 2.45) is 0 Å². The van der Waals surface area contributed by atoms with E-state index >= 15 is 0 Å². The van der Waals surface area contributed by atoms with Crippen LogP contribution >= 0.6 is 7.82 Å². The van der Waals surface area contributed by atoms with E-state index in [-0.39, 0.29) is 12.8 Å². The van der Waals surface area contributed by atoms with Crippen LogP contribution in [0.25, 0.3) is 0 Å². The van der Waals surface area contributed by atoms with Crippen LogP contribution in [0.1, 0.15) is 174 Å². The second-order valence-corrected chi connectivity index (χ2v) is 17.0. The molecule has 0 aromatic rings. The van der Waals surface area contributed by atoms with Gasteiger partial charge in [0.05, 0.1) is 6.61 Å². The third-order valence-corrected chi connectivity index (χ3v) is 11.2. The van der Waals surface area contributed by atoms with Crippen molar-refractivity contribution in [1.82, 2.24) is 0 Å². The third kappa shape index (κ3) is 27.0. The van der Waals surface area contributed by atoms with Gasteiger partial charge in [0.2, 0.25) is 0 Å². The van der Waals surface area contributed by atoms with E-state index in [4.69, 9.17) is 18.5 Å². The number of carbonyl (C=O) groups excluding carboxylic acids is 2. The zero-order valence-corrected chi connectivity index (χ0v) is 36.5. The van der Waals surface area contributed by atoms with E-state index in [9.17, 15) is 44.6 Å². The summed E-state index contributed by atoms with van der Waals surface area (Å²) >= 11 is 0. The summed E-state index contributed by atoms with van der Waals surface area (Å²) in [5, 5.41) is 50.1. The number of esters is 2. The van der Waals surface area contributed by atoms with Gasteiger partial charge in [-0.2, -0.15) is 0 Å². The average Bonchev–Trinajstić information content (AvgIpc) is 3.20. The number of unbranched alkanes of at least 4 members (excludes halogenated alkanes) is 18. The highest BCUT2D eigenvalue weighted by atomic mass is 31.2. The summed E-state index contributed by atoms with van der Waals surface area (Å²) in [7, 11) is -5.12. The van der Waals surface area contributed by atoms with Gasteiger partial charge < -0.3 is 39.9 Å². The van der Waals surface area contributed by atoms with Crippen molar-refractivity contribution in [2.75, 3.05) is 13.2 Å². The third-order valence-electron chi connectivity index (χ3n) is 10.2. The molecular formula is C44H79O13P. The number of phosphoric ester groups is 1. The Bertz CT molecular complexity index is 1160. The fourth-order valence-corrected chi connectivity index (χ4v) is 7.56. The quantitative estimate of drug-likeness (QED) is 0.0152. The van der Waals surface area contributed by atoms with Gasteiger partial charge in [-0.25, -0.2) is 4.57 Å². The molecule has 1 aliphatic rings. The molecule has 0 heterocycles. The van der Waals surface area contributed by atoms with Gasteiger partial charge in [0.25, 0.3) is 0 Å². The Morgan fingerprint density at radius 1 is 0.534 bits per heavy atom. The van der Waals surface area contributed by atoms with Crippen LogP contribution in [-0.2, 0) is 32.7 Å². The van der Waals surface area contributed by atoms with Gasteiger partial charge >= 0.3 is 19.8 Å². The van der Waals surface area contributed by atoms with Crippen LogP contribution < -0.4 is 0 Å². The number of phosphoric acid groups is 1. The Balaban J connectivity index is 2.51. The monoisotopic (exact) mass is 847 g/mol. The molecule has 6 N–H and O–H groups in total. The van der Waals surface area contributed by atoms with Crippen molar-refractivity contribution in [1.29, 1.82) is 0 Å². The largest absolute Gasteiger partial charge is 0.472 e. The summed E-state index contributed by atoms with van der Waals surface area (Å²) in [6.07, 6.45) is 24.9. The molecular weight excluding hydrogens is 767 g/mol. The van der Waals surface area contributed by atoms with Crippen molar-refractivity contribution < 1.29 is 63.1 Å². The van der Waals surface area contributed by atoms with Crippen LogP contribution in [0, 0.1) is 0 Å². The molecule has 13 nitrogen and oxygen atoms in total. The zero-order valence-electron chi connectivity index (χ0n) is 35.6. The van der Waals surface area contributed by atoms with Crippen LogP contribution in [0.3, 0.4) is 0 Å². The van der Waals surface area contributed by atoms with Gasteiger partial charge in [-0.05, 0) is 51.4 Å². The SMILES string of the molecule is CCCCC/C=C/C/C=C/C/C=C/CCCCC(=O)OC[C@@H](COP(=O)(O)OC1C(O)C(O)C(O)[C@H](O)C1O)OC(=O)CCCCCCCCCCCCCCCC. The van der Waals surface area contributed by atoms with E-state index in [1.165, 1.54) is 77.0 Å². The van der Waals surface area contributed by atoms with E-state index in [2.05, 4.69) is 50.3 Å².